The maximum Gasteiger partial charge on any atom is 0.417 e. The van der Waals surface area contributed by atoms with Crippen LogP contribution in [0, 0.1) is 0 Å². The van der Waals surface area contributed by atoms with E-state index in [1.165, 1.54) is 30.7 Å². The van der Waals surface area contributed by atoms with Crippen LogP contribution < -0.4 is 5.32 Å². The summed E-state index contributed by atoms with van der Waals surface area (Å²) in [7, 11) is 0. The van der Waals surface area contributed by atoms with E-state index in [-0.39, 0.29) is 22.6 Å². The number of ether oxygens (including phenoxy) is 1. The average Bonchev–Trinajstić information content (AvgIpc) is 3.06. The van der Waals surface area contributed by atoms with Gasteiger partial charge in [0.2, 0.25) is 5.91 Å². The molecule has 142 valence electrons. The van der Waals surface area contributed by atoms with Crippen molar-refractivity contribution in [2.75, 3.05) is 26.2 Å². The molecule has 0 saturated carbocycles. The molecule has 2 heterocycles. The highest BCUT2D eigenvalue weighted by molar-refractivity contribution is 6.31. The van der Waals surface area contributed by atoms with Gasteiger partial charge in [-0.3, -0.25) is 9.69 Å². The first-order valence-electron chi connectivity index (χ1n) is 8.51. The molecule has 3 rings (SSSR count). The molecule has 2 fully saturated rings. The van der Waals surface area contributed by atoms with Crippen molar-refractivity contribution in [1.29, 1.82) is 0 Å². The number of halogens is 4. The van der Waals surface area contributed by atoms with Gasteiger partial charge in [0.15, 0.2) is 0 Å². The van der Waals surface area contributed by atoms with E-state index in [1.807, 2.05) is 0 Å². The second kappa shape index (κ2) is 7.98. The van der Waals surface area contributed by atoms with Gasteiger partial charge in [-0.15, -0.1) is 0 Å². The largest absolute Gasteiger partial charge is 0.417 e. The lowest BCUT2D eigenvalue weighted by Gasteiger charge is -2.35. The minimum Gasteiger partial charge on any atom is -0.373 e. The minimum atomic E-state index is -4.53. The summed E-state index contributed by atoms with van der Waals surface area (Å²) in [5.41, 5.74) is -0.664. The Morgan fingerprint density at radius 2 is 2.23 bits per heavy atom. The maximum absolute atomic E-state index is 12.8. The second-order valence-electron chi connectivity index (χ2n) is 6.56. The van der Waals surface area contributed by atoms with Gasteiger partial charge in [-0.2, -0.15) is 13.2 Å². The predicted octanol–water partition coefficient (Wildman–Crippen LogP) is 3.35. The molecule has 8 heteroatoms. The molecule has 4 nitrogen and oxygen atoms in total. The summed E-state index contributed by atoms with van der Waals surface area (Å²) in [5.74, 6) is -0.374. The van der Waals surface area contributed by atoms with Gasteiger partial charge in [-0.25, -0.2) is 0 Å². The molecule has 1 aromatic carbocycles. The molecule has 0 bridgehead atoms. The molecule has 0 aromatic heterocycles. The van der Waals surface area contributed by atoms with Gasteiger partial charge in [0.25, 0.3) is 0 Å². The lowest BCUT2D eigenvalue weighted by atomic mass is 10.1. The number of nitrogens with one attached hydrogen (secondary N) is 1. The number of amides is 1. The van der Waals surface area contributed by atoms with Crippen LogP contribution in [0.25, 0.3) is 6.08 Å². The molecule has 2 aliphatic heterocycles. The fourth-order valence-corrected chi connectivity index (χ4v) is 3.54. The number of alkyl halides is 3. The van der Waals surface area contributed by atoms with Crippen LogP contribution in [0.15, 0.2) is 24.3 Å². The average molecular weight is 389 g/mol. The second-order valence-corrected chi connectivity index (χ2v) is 6.97. The van der Waals surface area contributed by atoms with Gasteiger partial charge in [0, 0.05) is 25.2 Å². The molecule has 26 heavy (non-hydrogen) atoms. The lowest BCUT2D eigenvalue weighted by Crippen LogP contribution is -2.49. The fraction of sp³-hybridized carbons (Fsp3) is 0.500. The number of carbonyl (C=O) groups excluding carboxylic acids is 1. The predicted molar refractivity (Wildman–Crippen MR) is 92.8 cm³/mol. The molecule has 0 unspecified atom stereocenters. The molecular weight excluding hydrogens is 369 g/mol. The molecular formula is C18H20ClF3N2O2. The normalized spacial score (nSPS) is 24.0. The van der Waals surface area contributed by atoms with Gasteiger partial charge in [-0.05, 0) is 43.2 Å². The number of benzene rings is 1. The third-order valence-corrected chi connectivity index (χ3v) is 5.02. The highest BCUT2D eigenvalue weighted by atomic mass is 35.5. The standard InChI is InChI=1S/C18H20ClF3N2O2/c19-16-5-3-12(8-15(16)18(20,21)22)4-6-17(25)23-9-14-10-24-7-1-2-13(24)11-26-14/h3-6,8,13-14H,1-2,7,9-11H2,(H,23,25)/b6-4+/t13-,14-/m1/s1. The smallest absolute Gasteiger partial charge is 0.373 e. The molecule has 0 radical (unpaired) electrons. The molecule has 1 aromatic rings. The van der Waals surface area contributed by atoms with Crippen LogP contribution in [0.3, 0.4) is 0 Å². The first-order chi connectivity index (χ1) is 12.3. The molecule has 0 spiro atoms. The molecule has 0 aliphatic carbocycles. The zero-order valence-electron chi connectivity index (χ0n) is 14.1. The van der Waals surface area contributed by atoms with Crippen molar-refractivity contribution < 1.29 is 22.7 Å². The van der Waals surface area contributed by atoms with E-state index in [2.05, 4.69) is 10.2 Å². The van der Waals surface area contributed by atoms with Crippen LogP contribution in [0.5, 0.6) is 0 Å². The Hall–Kier alpha value is -1.57. The van der Waals surface area contributed by atoms with Gasteiger partial charge in [-0.1, -0.05) is 17.7 Å². The summed E-state index contributed by atoms with van der Waals surface area (Å²) < 4.78 is 44.3. The Kier molecular flexibility index (Phi) is 5.89. The van der Waals surface area contributed by atoms with Gasteiger partial charge >= 0.3 is 6.18 Å². The van der Waals surface area contributed by atoms with Crippen LogP contribution >= 0.6 is 11.6 Å². The van der Waals surface area contributed by atoms with Crippen molar-refractivity contribution >= 4 is 23.6 Å². The SMILES string of the molecule is O=C(/C=C/c1ccc(Cl)c(C(F)(F)F)c1)NC[C@@H]1CN2CCC[C@@H]2CO1. The van der Waals surface area contributed by atoms with Crippen LogP contribution in [-0.4, -0.2) is 49.2 Å². The topological polar surface area (TPSA) is 41.6 Å². The van der Waals surface area contributed by atoms with Crippen molar-refractivity contribution in [3.63, 3.8) is 0 Å². The highest BCUT2D eigenvalue weighted by Gasteiger charge is 2.33. The first-order valence-corrected chi connectivity index (χ1v) is 8.89. The maximum atomic E-state index is 12.8. The zero-order valence-corrected chi connectivity index (χ0v) is 14.8. The summed E-state index contributed by atoms with van der Waals surface area (Å²) in [6.45, 7) is 2.92. The fourth-order valence-electron chi connectivity index (χ4n) is 3.32. The van der Waals surface area contributed by atoms with E-state index >= 15 is 0 Å². The number of rotatable bonds is 4. The van der Waals surface area contributed by atoms with Crippen molar-refractivity contribution in [3.05, 3.63) is 40.4 Å². The van der Waals surface area contributed by atoms with E-state index in [1.54, 1.807) is 0 Å². The lowest BCUT2D eigenvalue weighted by molar-refractivity contribution is -0.137. The number of nitrogens with zero attached hydrogens (tertiary/aromatic N) is 1. The van der Waals surface area contributed by atoms with Crippen molar-refractivity contribution in [3.8, 4) is 0 Å². The number of carbonyl (C=O) groups is 1. The summed E-state index contributed by atoms with van der Waals surface area (Å²) >= 11 is 5.58. The van der Waals surface area contributed by atoms with E-state index in [9.17, 15) is 18.0 Å². The number of hydrogen-bond donors (Lipinski definition) is 1. The Bertz CT molecular complexity index is 694. The van der Waals surface area contributed by atoms with Crippen LogP contribution in [0.1, 0.15) is 24.0 Å². The molecule has 1 amide bonds. The van der Waals surface area contributed by atoms with Gasteiger partial charge < -0.3 is 10.1 Å². The minimum absolute atomic E-state index is 0.0611. The zero-order chi connectivity index (χ0) is 18.7. The van der Waals surface area contributed by atoms with Crippen molar-refractivity contribution in [1.82, 2.24) is 10.2 Å². The summed E-state index contributed by atoms with van der Waals surface area (Å²) in [6.07, 6.45) is 0.285. The van der Waals surface area contributed by atoms with E-state index in [0.717, 1.165) is 25.6 Å². The monoisotopic (exact) mass is 388 g/mol. The molecule has 2 atom stereocenters. The Morgan fingerprint density at radius 1 is 1.42 bits per heavy atom. The first kappa shape index (κ1) is 19.2. The third kappa shape index (κ3) is 4.78. The van der Waals surface area contributed by atoms with Crippen molar-refractivity contribution in [2.24, 2.45) is 0 Å². The van der Waals surface area contributed by atoms with Crippen LogP contribution in [0.4, 0.5) is 13.2 Å². The van der Waals surface area contributed by atoms with Gasteiger partial charge in [0.05, 0.1) is 23.3 Å². The van der Waals surface area contributed by atoms with E-state index < -0.39 is 11.7 Å². The summed E-state index contributed by atoms with van der Waals surface area (Å²) in [6, 6.07) is 4.02. The quantitative estimate of drug-likeness (QED) is 0.804. The van der Waals surface area contributed by atoms with Crippen LogP contribution in [0.2, 0.25) is 5.02 Å². The highest BCUT2D eigenvalue weighted by Crippen LogP contribution is 2.35. The number of fused-ring (bicyclic) bond motifs is 1. The number of morpholine rings is 1. The summed E-state index contributed by atoms with van der Waals surface area (Å²) in [5, 5.41) is 2.37. The summed E-state index contributed by atoms with van der Waals surface area (Å²) in [4.78, 5) is 14.3. The van der Waals surface area contributed by atoms with Crippen molar-refractivity contribution in [2.45, 2.75) is 31.2 Å². The molecule has 2 aliphatic rings. The van der Waals surface area contributed by atoms with Gasteiger partial charge in [0.1, 0.15) is 0 Å². The van der Waals surface area contributed by atoms with Crippen LogP contribution in [-0.2, 0) is 15.7 Å². The number of hydrogen-bond acceptors (Lipinski definition) is 3. The third-order valence-electron chi connectivity index (χ3n) is 4.69. The Morgan fingerprint density at radius 3 is 3.00 bits per heavy atom. The van der Waals surface area contributed by atoms with E-state index in [4.69, 9.17) is 16.3 Å². The Balaban J connectivity index is 1.52. The Labute approximate surface area is 154 Å². The molecule has 2 saturated heterocycles. The molecule has 1 N–H and O–H groups in total. The van der Waals surface area contributed by atoms with E-state index in [0.29, 0.717) is 19.2 Å².